The first kappa shape index (κ1) is 18.5. The van der Waals surface area contributed by atoms with Gasteiger partial charge in [-0.15, -0.1) is 0 Å². The van der Waals surface area contributed by atoms with E-state index in [4.69, 9.17) is 0 Å². The fraction of sp³-hybridized carbons (Fsp3) is 0.579. The average molecular weight is 357 g/mol. The summed E-state index contributed by atoms with van der Waals surface area (Å²) in [5.74, 6) is 0. The molecule has 3 heterocycles. The van der Waals surface area contributed by atoms with Crippen molar-refractivity contribution in [1.82, 2.24) is 24.2 Å². The Kier molecular flexibility index (Phi) is 5.09. The molecule has 3 rings (SSSR count). The number of aryl methyl sites for hydroxylation is 1. The third-order valence-corrected chi connectivity index (χ3v) is 4.96. The van der Waals surface area contributed by atoms with E-state index in [0.717, 1.165) is 25.1 Å². The van der Waals surface area contributed by atoms with Gasteiger partial charge in [0.15, 0.2) is 0 Å². The molecule has 0 bridgehead atoms. The second-order valence-electron chi connectivity index (χ2n) is 8.09. The molecule has 1 atom stereocenters. The Hall–Kier alpha value is -2.28. The normalized spacial score (nSPS) is 18.4. The van der Waals surface area contributed by atoms with Gasteiger partial charge in [0.25, 0.3) is 11.1 Å². The Balaban J connectivity index is 1.80. The topological polar surface area (TPSA) is 73.0 Å². The summed E-state index contributed by atoms with van der Waals surface area (Å²) in [5.41, 5.74) is 1.39. The summed E-state index contributed by atoms with van der Waals surface area (Å²) in [6, 6.07) is 3.61. The molecule has 1 fully saturated rings. The number of aromatic nitrogens is 4. The standard InChI is InChI=1S/C19H27N5O2/c1-19(2,3)16-7-8-17(25)24(21-16)12-15-6-5-9-23(15)11-14-10-20-13-22(4)18(14)26/h7-8,10,13,15H,5-6,9,11-12H2,1-4H3. The first-order valence-electron chi connectivity index (χ1n) is 9.08. The molecule has 1 aliphatic rings. The van der Waals surface area contributed by atoms with Crippen LogP contribution in [-0.2, 0) is 25.6 Å². The van der Waals surface area contributed by atoms with E-state index in [-0.39, 0.29) is 22.6 Å². The lowest BCUT2D eigenvalue weighted by atomic mass is 9.92. The van der Waals surface area contributed by atoms with Gasteiger partial charge in [-0.3, -0.25) is 14.5 Å². The second kappa shape index (κ2) is 7.15. The molecule has 140 valence electrons. The maximum absolute atomic E-state index is 12.3. The van der Waals surface area contributed by atoms with E-state index >= 15 is 0 Å². The molecule has 1 saturated heterocycles. The van der Waals surface area contributed by atoms with Crippen LogP contribution in [0.4, 0.5) is 0 Å². The first-order chi connectivity index (χ1) is 12.3. The van der Waals surface area contributed by atoms with Crippen molar-refractivity contribution in [3.63, 3.8) is 0 Å². The summed E-state index contributed by atoms with van der Waals surface area (Å²) in [6.45, 7) is 8.28. The Bertz CT molecular complexity index is 894. The van der Waals surface area contributed by atoms with E-state index < -0.39 is 0 Å². The minimum atomic E-state index is -0.104. The number of hydrogen-bond acceptors (Lipinski definition) is 5. The van der Waals surface area contributed by atoms with Crippen molar-refractivity contribution in [2.24, 2.45) is 7.05 Å². The fourth-order valence-corrected chi connectivity index (χ4v) is 3.37. The van der Waals surface area contributed by atoms with Gasteiger partial charge in [0, 0.05) is 42.9 Å². The van der Waals surface area contributed by atoms with Crippen LogP contribution in [-0.4, -0.2) is 36.8 Å². The highest BCUT2D eigenvalue weighted by Crippen LogP contribution is 2.21. The zero-order valence-electron chi connectivity index (χ0n) is 16.0. The molecule has 2 aromatic heterocycles. The van der Waals surface area contributed by atoms with Crippen LogP contribution in [0, 0.1) is 0 Å². The molecule has 0 saturated carbocycles. The van der Waals surface area contributed by atoms with Gasteiger partial charge in [-0.05, 0) is 25.5 Å². The van der Waals surface area contributed by atoms with Crippen LogP contribution in [0.5, 0.6) is 0 Å². The predicted octanol–water partition coefficient (Wildman–Crippen LogP) is 1.30. The third-order valence-electron chi connectivity index (χ3n) is 4.96. The fourth-order valence-electron chi connectivity index (χ4n) is 3.37. The van der Waals surface area contributed by atoms with Crippen LogP contribution in [0.3, 0.4) is 0 Å². The Labute approximate surface area is 153 Å². The van der Waals surface area contributed by atoms with Crippen LogP contribution < -0.4 is 11.1 Å². The third kappa shape index (κ3) is 3.93. The van der Waals surface area contributed by atoms with E-state index in [1.165, 1.54) is 10.9 Å². The second-order valence-corrected chi connectivity index (χ2v) is 8.09. The zero-order valence-corrected chi connectivity index (χ0v) is 16.0. The molecule has 7 heteroatoms. The van der Waals surface area contributed by atoms with Crippen LogP contribution in [0.2, 0.25) is 0 Å². The molecular formula is C19H27N5O2. The first-order valence-corrected chi connectivity index (χ1v) is 9.08. The molecule has 0 spiro atoms. The van der Waals surface area contributed by atoms with Crippen LogP contribution in [0.15, 0.2) is 34.2 Å². The van der Waals surface area contributed by atoms with Gasteiger partial charge in [0.2, 0.25) is 0 Å². The van der Waals surface area contributed by atoms with Crippen LogP contribution >= 0.6 is 0 Å². The molecule has 7 nitrogen and oxygen atoms in total. The van der Waals surface area contributed by atoms with Gasteiger partial charge >= 0.3 is 0 Å². The predicted molar refractivity (Wildman–Crippen MR) is 100 cm³/mol. The van der Waals surface area contributed by atoms with Gasteiger partial charge in [-0.25, -0.2) is 9.67 Å². The quantitative estimate of drug-likeness (QED) is 0.825. The maximum Gasteiger partial charge on any atom is 0.266 e. The smallest absolute Gasteiger partial charge is 0.266 e. The van der Waals surface area contributed by atoms with Crippen molar-refractivity contribution >= 4 is 0 Å². The average Bonchev–Trinajstić information content (AvgIpc) is 3.00. The van der Waals surface area contributed by atoms with E-state index in [2.05, 4.69) is 35.8 Å². The summed E-state index contributed by atoms with van der Waals surface area (Å²) in [6.07, 6.45) is 5.21. The Morgan fingerprint density at radius 2 is 2.00 bits per heavy atom. The van der Waals surface area contributed by atoms with Gasteiger partial charge in [-0.1, -0.05) is 20.8 Å². The van der Waals surface area contributed by atoms with E-state index in [1.54, 1.807) is 24.0 Å². The molecular weight excluding hydrogens is 330 g/mol. The molecule has 1 aliphatic heterocycles. The molecule has 0 amide bonds. The molecule has 0 aromatic carbocycles. The molecule has 0 N–H and O–H groups in total. The number of likely N-dealkylation sites (tertiary alicyclic amines) is 1. The minimum Gasteiger partial charge on any atom is -0.302 e. The Morgan fingerprint density at radius 3 is 2.73 bits per heavy atom. The van der Waals surface area contributed by atoms with Gasteiger partial charge in [0.05, 0.1) is 18.6 Å². The molecule has 0 aliphatic carbocycles. The monoisotopic (exact) mass is 357 g/mol. The largest absolute Gasteiger partial charge is 0.302 e. The van der Waals surface area contributed by atoms with Crippen LogP contribution in [0.1, 0.15) is 44.9 Å². The maximum atomic E-state index is 12.3. The zero-order chi connectivity index (χ0) is 18.9. The Morgan fingerprint density at radius 1 is 1.23 bits per heavy atom. The van der Waals surface area contributed by atoms with Crippen molar-refractivity contribution in [3.8, 4) is 0 Å². The highest BCUT2D eigenvalue weighted by Gasteiger charge is 2.27. The van der Waals surface area contributed by atoms with Crippen molar-refractivity contribution in [1.29, 1.82) is 0 Å². The van der Waals surface area contributed by atoms with Crippen molar-refractivity contribution < 1.29 is 0 Å². The number of rotatable bonds is 4. The number of nitrogens with zero attached hydrogens (tertiary/aromatic N) is 5. The molecule has 2 aromatic rings. The SMILES string of the molecule is Cn1cncc(CN2CCCC2Cn2nc(C(C)(C)C)ccc2=O)c1=O. The van der Waals surface area contributed by atoms with Crippen molar-refractivity contribution in [2.75, 3.05) is 6.54 Å². The highest BCUT2D eigenvalue weighted by atomic mass is 16.1. The van der Waals surface area contributed by atoms with E-state index in [0.29, 0.717) is 18.7 Å². The molecule has 0 radical (unpaired) electrons. The van der Waals surface area contributed by atoms with E-state index in [1.807, 2.05) is 6.07 Å². The summed E-state index contributed by atoms with van der Waals surface area (Å²) in [4.78, 5) is 30.9. The highest BCUT2D eigenvalue weighted by molar-refractivity contribution is 5.11. The lowest BCUT2D eigenvalue weighted by Gasteiger charge is -2.25. The summed E-state index contributed by atoms with van der Waals surface area (Å²) < 4.78 is 3.07. The summed E-state index contributed by atoms with van der Waals surface area (Å²) >= 11 is 0. The minimum absolute atomic E-state index is 0.0179. The van der Waals surface area contributed by atoms with Gasteiger partial charge in [-0.2, -0.15) is 5.10 Å². The summed E-state index contributed by atoms with van der Waals surface area (Å²) in [7, 11) is 1.71. The summed E-state index contributed by atoms with van der Waals surface area (Å²) in [5, 5.41) is 4.58. The van der Waals surface area contributed by atoms with Gasteiger partial charge < -0.3 is 4.57 Å². The molecule has 26 heavy (non-hydrogen) atoms. The van der Waals surface area contributed by atoms with Crippen molar-refractivity contribution in [3.05, 3.63) is 56.6 Å². The lowest BCUT2D eigenvalue weighted by molar-refractivity contribution is 0.214. The molecule has 1 unspecified atom stereocenters. The van der Waals surface area contributed by atoms with Crippen LogP contribution in [0.25, 0.3) is 0 Å². The van der Waals surface area contributed by atoms with E-state index in [9.17, 15) is 9.59 Å². The van der Waals surface area contributed by atoms with Gasteiger partial charge in [0.1, 0.15) is 0 Å². The number of hydrogen-bond donors (Lipinski definition) is 0. The lowest BCUT2D eigenvalue weighted by Crippen LogP contribution is -2.38. The van der Waals surface area contributed by atoms with Crippen molar-refractivity contribution in [2.45, 2.75) is 58.2 Å².